The van der Waals surface area contributed by atoms with Crippen LogP contribution in [0, 0.1) is 5.82 Å². The van der Waals surface area contributed by atoms with E-state index >= 15 is 0 Å². The number of carbonyl (C=O) groups is 3. The van der Waals surface area contributed by atoms with Gasteiger partial charge in [0, 0.05) is 19.7 Å². The van der Waals surface area contributed by atoms with Gasteiger partial charge in [-0.25, -0.2) is 4.39 Å². The van der Waals surface area contributed by atoms with E-state index in [1.807, 2.05) is 0 Å². The maximum absolute atomic E-state index is 13.2. The van der Waals surface area contributed by atoms with Crippen molar-refractivity contribution in [3.63, 3.8) is 0 Å². The highest BCUT2D eigenvalue weighted by atomic mass is 19.1. The maximum Gasteiger partial charge on any atom is 0.244 e. The van der Waals surface area contributed by atoms with E-state index in [0.29, 0.717) is 24.1 Å². The van der Waals surface area contributed by atoms with Gasteiger partial charge in [0.15, 0.2) is 0 Å². The highest BCUT2D eigenvalue weighted by Gasteiger charge is 2.33. The van der Waals surface area contributed by atoms with Crippen LogP contribution in [0.3, 0.4) is 0 Å². The largest absolute Gasteiger partial charge is 0.357 e. The molecule has 0 spiro atoms. The molecule has 0 unspecified atom stereocenters. The van der Waals surface area contributed by atoms with E-state index < -0.39 is 11.9 Å². The van der Waals surface area contributed by atoms with E-state index in [1.54, 1.807) is 19.1 Å². The first-order chi connectivity index (χ1) is 11.9. The topological polar surface area (TPSA) is 78.5 Å². The molecular weight excluding hydrogens is 325 g/mol. The first kappa shape index (κ1) is 18.6. The molecule has 1 saturated heterocycles. The molecule has 134 valence electrons. The van der Waals surface area contributed by atoms with Crippen LogP contribution < -0.4 is 10.6 Å². The van der Waals surface area contributed by atoms with Crippen LogP contribution >= 0.6 is 0 Å². The number of hydrogen-bond acceptors (Lipinski definition) is 3. The van der Waals surface area contributed by atoms with Gasteiger partial charge in [0.1, 0.15) is 11.9 Å². The molecule has 0 aromatic heterocycles. The summed E-state index contributed by atoms with van der Waals surface area (Å²) >= 11 is 0. The summed E-state index contributed by atoms with van der Waals surface area (Å²) < 4.78 is 13.2. The molecule has 7 heteroatoms. The number of halogens is 1. The fourth-order valence-corrected chi connectivity index (χ4v) is 2.83. The van der Waals surface area contributed by atoms with E-state index in [0.717, 1.165) is 6.42 Å². The van der Waals surface area contributed by atoms with Gasteiger partial charge >= 0.3 is 0 Å². The van der Waals surface area contributed by atoms with Gasteiger partial charge in [0.2, 0.25) is 17.7 Å². The van der Waals surface area contributed by atoms with Crippen LogP contribution in [0.1, 0.15) is 25.3 Å². The molecule has 3 amide bonds. The molecule has 1 fully saturated rings. The molecule has 1 heterocycles. The molecule has 2 N–H and O–H groups in total. The van der Waals surface area contributed by atoms with Crippen LogP contribution in [0.25, 0.3) is 5.57 Å². The predicted octanol–water partition coefficient (Wildman–Crippen LogP) is 1.08. The van der Waals surface area contributed by atoms with Gasteiger partial charge in [0.05, 0.1) is 6.54 Å². The molecule has 0 saturated carbocycles. The summed E-state index contributed by atoms with van der Waals surface area (Å²) in [4.78, 5) is 37.5. The Kier molecular flexibility index (Phi) is 6.27. The molecule has 1 aromatic rings. The quantitative estimate of drug-likeness (QED) is 0.783. The van der Waals surface area contributed by atoms with E-state index in [4.69, 9.17) is 0 Å². The molecule has 0 radical (unpaired) electrons. The molecule has 2 rings (SSSR count). The number of rotatable bonds is 5. The monoisotopic (exact) mass is 347 g/mol. The molecule has 6 nitrogen and oxygen atoms in total. The lowest BCUT2D eigenvalue weighted by atomic mass is 10.1. The summed E-state index contributed by atoms with van der Waals surface area (Å²) in [7, 11) is 1.53. The summed E-state index contributed by atoms with van der Waals surface area (Å²) in [6, 6.07) is 5.46. The van der Waals surface area contributed by atoms with Crippen LogP contribution in [0.5, 0.6) is 0 Å². The third kappa shape index (κ3) is 4.89. The lowest BCUT2D eigenvalue weighted by molar-refractivity contribution is -0.138. The number of benzene rings is 1. The minimum absolute atomic E-state index is 0.181. The van der Waals surface area contributed by atoms with Crippen molar-refractivity contribution in [3.8, 4) is 0 Å². The maximum atomic E-state index is 13.2. The third-order valence-electron chi connectivity index (χ3n) is 4.16. The normalized spacial score (nSPS) is 17.3. The van der Waals surface area contributed by atoms with Crippen molar-refractivity contribution in [2.45, 2.75) is 25.8 Å². The zero-order valence-corrected chi connectivity index (χ0v) is 14.3. The van der Waals surface area contributed by atoms with Crippen LogP contribution in [-0.2, 0) is 14.4 Å². The van der Waals surface area contributed by atoms with E-state index in [1.165, 1.54) is 30.2 Å². The average molecular weight is 347 g/mol. The first-order valence-electron chi connectivity index (χ1n) is 8.15. The molecule has 0 bridgehead atoms. The van der Waals surface area contributed by atoms with Crippen LogP contribution in [0.4, 0.5) is 4.39 Å². The minimum atomic E-state index is -0.473. The Bertz CT molecular complexity index is 703. The van der Waals surface area contributed by atoms with Crippen molar-refractivity contribution in [2.24, 2.45) is 0 Å². The number of nitrogens with one attached hydrogen (secondary N) is 2. The number of carbonyl (C=O) groups excluding carboxylic acids is 3. The zero-order valence-electron chi connectivity index (χ0n) is 14.3. The molecule has 1 atom stereocenters. The Morgan fingerprint density at radius 2 is 2.12 bits per heavy atom. The second-order valence-corrected chi connectivity index (χ2v) is 5.91. The van der Waals surface area contributed by atoms with Crippen molar-refractivity contribution in [3.05, 3.63) is 41.7 Å². The van der Waals surface area contributed by atoms with Gasteiger partial charge in [-0.2, -0.15) is 0 Å². The number of allylic oxidation sites excluding steroid dienone is 1. The number of likely N-dealkylation sites (N-methyl/N-ethyl adjacent to an activating group) is 1. The lowest BCUT2D eigenvalue weighted by Gasteiger charge is -2.23. The number of likely N-dealkylation sites (tertiary alicyclic amines) is 1. The smallest absolute Gasteiger partial charge is 0.244 e. The van der Waals surface area contributed by atoms with Gasteiger partial charge in [-0.15, -0.1) is 0 Å². The van der Waals surface area contributed by atoms with Gasteiger partial charge in [0.25, 0.3) is 0 Å². The van der Waals surface area contributed by atoms with Gasteiger partial charge < -0.3 is 15.5 Å². The zero-order chi connectivity index (χ0) is 18.4. The van der Waals surface area contributed by atoms with Crippen molar-refractivity contribution in [2.75, 3.05) is 20.1 Å². The van der Waals surface area contributed by atoms with Gasteiger partial charge in [-0.3, -0.25) is 14.4 Å². The SMILES string of the molecule is CNC(=O)[C@H]1CCCN1C(=O)CNC(=O)/C=C(/C)c1cccc(F)c1. The standard InChI is InChI=1S/C18H22FN3O3/c1-12(13-5-3-6-14(19)10-13)9-16(23)21-11-17(24)22-8-4-7-15(22)18(25)20-2/h3,5-6,9-10,15H,4,7-8,11H2,1-2H3,(H,20,25)(H,21,23)/b12-9-/t15-/m1/s1. The Hall–Kier alpha value is -2.70. The summed E-state index contributed by atoms with van der Waals surface area (Å²) in [6.45, 7) is 2.02. The summed E-state index contributed by atoms with van der Waals surface area (Å²) in [6.07, 6.45) is 2.70. The lowest BCUT2D eigenvalue weighted by Crippen LogP contribution is -2.48. The fourth-order valence-electron chi connectivity index (χ4n) is 2.83. The third-order valence-corrected chi connectivity index (χ3v) is 4.16. The molecule has 0 aliphatic carbocycles. The van der Waals surface area contributed by atoms with Crippen molar-refractivity contribution >= 4 is 23.3 Å². The first-order valence-corrected chi connectivity index (χ1v) is 8.15. The molecular formula is C18H22FN3O3. The molecule has 25 heavy (non-hydrogen) atoms. The Morgan fingerprint density at radius 1 is 1.36 bits per heavy atom. The Balaban J connectivity index is 1.92. The van der Waals surface area contributed by atoms with Crippen LogP contribution in [0.2, 0.25) is 0 Å². The fraction of sp³-hybridized carbons (Fsp3) is 0.389. The Labute approximate surface area is 146 Å². The highest BCUT2D eigenvalue weighted by molar-refractivity contribution is 5.97. The number of amides is 3. The molecule has 1 aliphatic heterocycles. The summed E-state index contributed by atoms with van der Waals surface area (Å²) in [5.74, 6) is -1.31. The second-order valence-electron chi connectivity index (χ2n) is 5.91. The van der Waals surface area contributed by atoms with Gasteiger partial charge in [-0.05, 0) is 43.0 Å². The van der Waals surface area contributed by atoms with Gasteiger partial charge in [-0.1, -0.05) is 12.1 Å². The average Bonchev–Trinajstić information content (AvgIpc) is 3.08. The summed E-state index contributed by atoms with van der Waals surface area (Å²) in [5, 5.41) is 5.07. The molecule has 1 aromatic carbocycles. The molecule has 1 aliphatic rings. The summed E-state index contributed by atoms with van der Waals surface area (Å²) in [5.41, 5.74) is 1.19. The number of hydrogen-bond donors (Lipinski definition) is 2. The predicted molar refractivity (Wildman–Crippen MR) is 91.9 cm³/mol. The van der Waals surface area contributed by atoms with E-state index in [2.05, 4.69) is 10.6 Å². The van der Waals surface area contributed by atoms with E-state index in [-0.39, 0.29) is 24.2 Å². The minimum Gasteiger partial charge on any atom is -0.357 e. The van der Waals surface area contributed by atoms with E-state index in [9.17, 15) is 18.8 Å². The van der Waals surface area contributed by atoms with Crippen LogP contribution in [0.15, 0.2) is 30.3 Å². The van der Waals surface area contributed by atoms with Crippen molar-refractivity contribution in [1.29, 1.82) is 0 Å². The number of nitrogens with zero attached hydrogens (tertiary/aromatic N) is 1. The highest BCUT2D eigenvalue weighted by Crippen LogP contribution is 2.17. The van der Waals surface area contributed by atoms with Crippen molar-refractivity contribution in [1.82, 2.24) is 15.5 Å². The van der Waals surface area contributed by atoms with Crippen LogP contribution in [-0.4, -0.2) is 48.8 Å². The van der Waals surface area contributed by atoms with Crippen molar-refractivity contribution < 1.29 is 18.8 Å². The second kappa shape index (κ2) is 8.41. The Morgan fingerprint density at radius 3 is 2.80 bits per heavy atom.